The van der Waals surface area contributed by atoms with Crippen LogP contribution in [0, 0.1) is 0 Å². The van der Waals surface area contributed by atoms with E-state index >= 15 is 0 Å². The number of hydrogen-bond donors (Lipinski definition) is 3. The molecule has 28 heavy (non-hydrogen) atoms. The highest BCUT2D eigenvalue weighted by molar-refractivity contribution is 6.06. The number of aromatic amines is 1. The van der Waals surface area contributed by atoms with Gasteiger partial charge < -0.3 is 15.0 Å². The number of benzene rings is 1. The fourth-order valence-corrected chi connectivity index (χ4v) is 3.10. The van der Waals surface area contributed by atoms with Gasteiger partial charge in [-0.2, -0.15) is 5.10 Å². The van der Waals surface area contributed by atoms with E-state index in [0.717, 1.165) is 16.9 Å². The average molecular weight is 384 g/mol. The van der Waals surface area contributed by atoms with E-state index in [1.54, 1.807) is 6.20 Å². The Balaban J connectivity index is 1.83. The molecule has 3 rings (SSSR count). The molecular weight excluding hydrogens is 360 g/mol. The third-order valence-electron chi connectivity index (χ3n) is 4.64. The number of carboxylic acids is 1. The standard InChI is InChI=1S/C19H24N6O3/c1-12(26)25-10-17(22-16(19(27)28)8-14-9-20-11-21-14)18(23-25)13-4-6-15(7-5-13)24(2)3/h4-7,9,11,16-17,22H,8,10H2,1-3H3,(H,20,21)(H,27,28). The lowest BCUT2D eigenvalue weighted by atomic mass is 10.0. The summed E-state index contributed by atoms with van der Waals surface area (Å²) in [5.74, 6) is -1.16. The second-order valence-corrected chi connectivity index (χ2v) is 6.92. The quantitative estimate of drug-likeness (QED) is 0.647. The lowest BCUT2D eigenvalue weighted by molar-refractivity contribution is -0.139. The minimum absolute atomic E-state index is 0.188. The number of H-pyrrole nitrogens is 1. The van der Waals surface area contributed by atoms with Crippen LogP contribution in [0.3, 0.4) is 0 Å². The molecule has 9 heteroatoms. The zero-order valence-electron chi connectivity index (χ0n) is 16.1. The van der Waals surface area contributed by atoms with Crippen molar-refractivity contribution in [3.8, 4) is 0 Å². The molecule has 1 aliphatic heterocycles. The molecule has 0 fully saturated rings. The zero-order valence-corrected chi connectivity index (χ0v) is 16.1. The van der Waals surface area contributed by atoms with Crippen molar-refractivity contribution in [2.75, 3.05) is 25.5 Å². The van der Waals surface area contributed by atoms with Crippen molar-refractivity contribution in [2.24, 2.45) is 5.10 Å². The van der Waals surface area contributed by atoms with E-state index in [1.807, 2.05) is 43.3 Å². The molecule has 2 atom stereocenters. The topological polar surface area (TPSA) is 114 Å². The summed E-state index contributed by atoms with van der Waals surface area (Å²) in [6, 6.07) is 6.55. The van der Waals surface area contributed by atoms with Crippen LogP contribution in [-0.4, -0.2) is 70.4 Å². The zero-order chi connectivity index (χ0) is 20.3. The maximum absolute atomic E-state index is 11.8. The Labute approximate surface area is 163 Å². The van der Waals surface area contributed by atoms with Crippen molar-refractivity contribution in [3.05, 3.63) is 48.0 Å². The highest BCUT2D eigenvalue weighted by Gasteiger charge is 2.33. The van der Waals surface area contributed by atoms with Crippen molar-refractivity contribution in [1.82, 2.24) is 20.3 Å². The molecule has 3 N–H and O–H groups in total. The van der Waals surface area contributed by atoms with E-state index in [4.69, 9.17) is 0 Å². The molecular formula is C19H24N6O3. The average Bonchev–Trinajstić information content (AvgIpc) is 3.31. The Morgan fingerprint density at radius 1 is 1.36 bits per heavy atom. The lowest BCUT2D eigenvalue weighted by Crippen LogP contribution is -2.49. The molecule has 0 aliphatic carbocycles. The van der Waals surface area contributed by atoms with Gasteiger partial charge in [0.15, 0.2) is 0 Å². The van der Waals surface area contributed by atoms with Crippen molar-refractivity contribution in [1.29, 1.82) is 0 Å². The number of rotatable bonds is 7. The molecule has 2 unspecified atom stereocenters. The number of carbonyl (C=O) groups is 2. The molecule has 1 aromatic heterocycles. The van der Waals surface area contributed by atoms with Gasteiger partial charge in [-0.1, -0.05) is 12.1 Å². The van der Waals surface area contributed by atoms with Gasteiger partial charge in [-0.05, 0) is 17.7 Å². The SMILES string of the molecule is CC(=O)N1CC(NC(Cc2cnc[nH]2)C(=O)O)C(c2ccc(N(C)C)cc2)=N1. The number of nitrogens with zero attached hydrogens (tertiary/aromatic N) is 4. The van der Waals surface area contributed by atoms with Gasteiger partial charge in [0.05, 0.1) is 24.6 Å². The van der Waals surface area contributed by atoms with Gasteiger partial charge in [-0.25, -0.2) is 9.99 Å². The van der Waals surface area contributed by atoms with Gasteiger partial charge >= 0.3 is 5.97 Å². The molecule has 0 saturated heterocycles. The highest BCUT2D eigenvalue weighted by atomic mass is 16.4. The summed E-state index contributed by atoms with van der Waals surface area (Å²) in [4.78, 5) is 32.5. The minimum atomic E-state index is -0.974. The molecule has 1 aromatic carbocycles. The number of anilines is 1. The predicted octanol–water partition coefficient (Wildman–Crippen LogP) is 0.696. The Bertz CT molecular complexity index is 860. The molecule has 1 amide bonds. The summed E-state index contributed by atoms with van der Waals surface area (Å²) in [5, 5.41) is 18.6. The molecule has 0 bridgehead atoms. The number of imidazole rings is 1. The van der Waals surface area contributed by atoms with Gasteiger partial charge in [-0.15, -0.1) is 0 Å². The van der Waals surface area contributed by atoms with E-state index in [1.165, 1.54) is 18.3 Å². The van der Waals surface area contributed by atoms with Crippen LogP contribution < -0.4 is 10.2 Å². The van der Waals surface area contributed by atoms with Crippen molar-refractivity contribution < 1.29 is 14.7 Å². The van der Waals surface area contributed by atoms with Crippen molar-refractivity contribution >= 4 is 23.3 Å². The monoisotopic (exact) mass is 384 g/mol. The Hall–Kier alpha value is -3.20. The number of hydrogen-bond acceptors (Lipinski definition) is 6. The number of carboxylic acid groups (broad SMARTS) is 1. The van der Waals surface area contributed by atoms with Crippen LogP contribution in [0.25, 0.3) is 0 Å². The summed E-state index contributed by atoms with van der Waals surface area (Å²) in [6.07, 6.45) is 3.36. The molecule has 148 valence electrons. The number of hydrazone groups is 1. The van der Waals surface area contributed by atoms with Crippen LogP contribution in [0.15, 0.2) is 41.9 Å². The highest BCUT2D eigenvalue weighted by Crippen LogP contribution is 2.19. The van der Waals surface area contributed by atoms with Crippen molar-refractivity contribution in [3.63, 3.8) is 0 Å². The van der Waals surface area contributed by atoms with Crippen LogP contribution in [0.2, 0.25) is 0 Å². The maximum Gasteiger partial charge on any atom is 0.321 e. The lowest BCUT2D eigenvalue weighted by Gasteiger charge is -2.21. The first-order chi connectivity index (χ1) is 13.3. The van der Waals surface area contributed by atoms with Crippen LogP contribution in [0.1, 0.15) is 18.2 Å². The summed E-state index contributed by atoms with van der Waals surface area (Å²) >= 11 is 0. The Morgan fingerprint density at radius 2 is 2.07 bits per heavy atom. The third-order valence-corrected chi connectivity index (χ3v) is 4.64. The van der Waals surface area contributed by atoms with Crippen LogP contribution in [-0.2, 0) is 16.0 Å². The van der Waals surface area contributed by atoms with Crippen LogP contribution >= 0.6 is 0 Å². The summed E-state index contributed by atoms with van der Waals surface area (Å²) in [6.45, 7) is 1.73. The summed E-state index contributed by atoms with van der Waals surface area (Å²) in [7, 11) is 3.91. The van der Waals surface area contributed by atoms with E-state index in [0.29, 0.717) is 5.71 Å². The smallest absolute Gasteiger partial charge is 0.321 e. The fourth-order valence-electron chi connectivity index (χ4n) is 3.10. The summed E-state index contributed by atoms with van der Waals surface area (Å²) < 4.78 is 0. The molecule has 0 radical (unpaired) electrons. The molecule has 1 aliphatic rings. The second-order valence-electron chi connectivity index (χ2n) is 6.92. The predicted molar refractivity (Wildman–Crippen MR) is 105 cm³/mol. The fraction of sp³-hybridized carbons (Fsp3) is 0.368. The van der Waals surface area contributed by atoms with Gasteiger partial charge in [0, 0.05) is 45.0 Å². The largest absolute Gasteiger partial charge is 0.480 e. The third kappa shape index (κ3) is 4.37. The maximum atomic E-state index is 11.8. The van der Waals surface area contributed by atoms with E-state index < -0.39 is 18.1 Å². The molecule has 2 heterocycles. The Morgan fingerprint density at radius 3 is 2.61 bits per heavy atom. The number of amides is 1. The van der Waals surface area contributed by atoms with Gasteiger partial charge in [0.1, 0.15) is 6.04 Å². The number of aliphatic carboxylic acids is 1. The van der Waals surface area contributed by atoms with Gasteiger partial charge in [-0.3, -0.25) is 14.9 Å². The first-order valence-corrected chi connectivity index (χ1v) is 8.95. The van der Waals surface area contributed by atoms with E-state index in [9.17, 15) is 14.7 Å². The van der Waals surface area contributed by atoms with Gasteiger partial charge in [0.25, 0.3) is 0 Å². The number of nitrogens with one attached hydrogen (secondary N) is 2. The van der Waals surface area contributed by atoms with Crippen molar-refractivity contribution in [2.45, 2.75) is 25.4 Å². The first-order valence-electron chi connectivity index (χ1n) is 8.95. The van der Waals surface area contributed by atoms with E-state index in [2.05, 4.69) is 20.4 Å². The van der Waals surface area contributed by atoms with Crippen LogP contribution in [0.5, 0.6) is 0 Å². The van der Waals surface area contributed by atoms with Gasteiger partial charge in [0.2, 0.25) is 5.91 Å². The summed E-state index contributed by atoms with van der Waals surface area (Å²) in [5.41, 5.74) is 3.25. The number of aromatic nitrogens is 2. The van der Waals surface area contributed by atoms with E-state index in [-0.39, 0.29) is 18.9 Å². The normalized spacial score (nSPS) is 17.3. The molecule has 9 nitrogen and oxygen atoms in total. The Kier molecular flexibility index (Phi) is 5.74. The molecule has 0 saturated carbocycles. The molecule has 2 aromatic rings. The number of carbonyl (C=O) groups excluding carboxylic acids is 1. The molecule has 0 spiro atoms. The second kappa shape index (κ2) is 8.22. The minimum Gasteiger partial charge on any atom is -0.480 e. The van der Waals surface area contributed by atoms with Crippen LogP contribution in [0.4, 0.5) is 5.69 Å². The first kappa shape index (κ1) is 19.6.